The second kappa shape index (κ2) is 5.14. The highest BCUT2D eigenvalue weighted by atomic mass is 35.5. The lowest BCUT2D eigenvalue weighted by atomic mass is 10.4. The minimum atomic E-state index is 0.506. The van der Waals surface area contributed by atoms with Gasteiger partial charge in [-0.25, -0.2) is 4.98 Å². The van der Waals surface area contributed by atoms with E-state index < -0.39 is 0 Å². The Labute approximate surface area is 102 Å². The average molecular weight is 258 g/mol. The molecule has 1 N–H and O–H groups in total. The number of nitrogens with one attached hydrogen (secondary N) is 1. The fourth-order valence-electron chi connectivity index (χ4n) is 1.19. The van der Waals surface area contributed by atoms with Crippen molar-refractivity contribution in [3.63, 3.8) is 0 Å². The van der Waals surface area contributed by atoms with Crippen molar-refractivity contribution in [1.29, 1.82) is 0 Å². The van der Waals surface area contributed by atoms with Crippen LogP contribution in [0.3, 0.4) is 0 Å². The lowest BCUT2D eigenvalue weighted by Gasteiger charge is -2.06. The first-order valence-electron chi connectivity index (χ1n) is 4.65. The van der Waals surface area contributed by atoms with Crippen molar-refractivity contribution in [2.45, 2.75) is 6.54 Å². The molecule has 0 bridgehead atoms. The Morgan fingerprint density at radius 2 is 2.25 bits per heavy atom. The van der Waals surface area contributed by atoms with Gasteiger partial charge in [0.1, 0.15) is 5.82 Å². The van der Waals surface area contributed by atoms with Gasteiger partial charge in [0, 0.05) is 18.9 Å². The summed E-state index contributed by atoms with van der Waals surface area (Å²) in [6.07, 6.45) is 4.97. The second-order valence-electron chi connectivity index (χ2n) is 3.08. The SMILES string of the molecule is Clc1cnc(NCCn2ccnn2)c(Cl)c1. The van der Waals surface area contributed by atoms with Gasteiger partial charge in [0.25, 0.3) is 0 Å². The lowest BCUT2D eigenvalue weighted by Crippen LogP contribution is -2.12. The van der Waals surface area contributed by atoms with Crippen LogP contribution < -0.4 is 5.32 Å². The molecule has 2 heterocycles. The molecule has 7 heteroatoms. The monoisotopic (exact) mass is 257 g/mol. The van der Waals surface area contributed by atoms with Gasteiger partial charge >= 0.3 is 0 Å². The number of hydrogen-bond acceptors (Lipinski definition) is 4. The highest BCUT2D eigenvalue weighted by Crippen LogP contribution is 2.22. The summed E-state index contributed by atoms with van der Waals surface area (Å²) in [6, 6.07) is 1.65. The molecule has 0 saturated heterocycles. The van der Waals surface area contributed by atoms with E-state index in [4.69, 9.17) is 23.2 Å². The van der Waals surface area contributed by atoms with Crippen LogP contribution in [0.1, 0.15) is 0 Å². The van der Waals surface area contributed by atoms with Crippen LogP contribution >= 0.6 is 23.2 Å². The second-order valence-corrected chi connectivity index (χ2v) is 3.92. The molecular weight excluding hydrogens is 249 g/mol. The molecule has 0 aliphatic heterocycles. The average Bonchev–Trinajstić information content (AvgIpc) is 2.74. The van der Waals surface area contributed by atoms with Crippen LogP contribution in [-0.2, 0) is 6.54 Å². The summed E-state index contributed by atoms with van der Waals surface area (Å²) in [4.78, 5) is 4.08. The fraction of sp³-hybridized carbons (Fsp3) is 0.222. The highest BCUT2D eigenvalue weighted by molar-refractivity contribution is 6.35. The smallest absolute Gasteiger partial charge is 0.144 e. The predicted molar refractivity (Wildman–Crippen MR) is 62.8 cm³/mol. The molecule has 0 aliphatic carbocycles. The normalized spacial score (nSPS) is 10.4. The molecule has 2 aromatic heterocycles. The van der Waals surface area contributed by atoms with Crippen molar-refractivity contribution >= 4 is 29.0 Å². The van der Waals surface area contributed by atoms with Crippen molar-refractivity contribution in [1.82, 2.24) is 20.0 Å². The molecule has 0 amide bonds. The zero-order valence-electron chi connectivity index (χ0n) is 8.27. The Morgan fingerprint density at radius 3 is 2.94 bits per heavy atom. The Morgan fingerprint density at radius 1 is 1.38 bits per heavy atom. The van der Waals surface area contributed by atoms with Crippen molar-refractivity contribution in [2.24, 2.45) is 0 Å². The topological polar surface area (TPSA) is 55.6 Å². The molecule has 0 aromatic carbocycles. The molecule has 84 valence electrons. The standard InChI is InChI=1S/C9H9Cl2N5/c10-7-5-8(11)9(13-6-7)12-1-3-16-4-2-14-15-16/h2,4-6H,1,3H2,(H,12,13). The largest absolute Gasteiger partial charge is 0.367 e. The third-order valence-electron chi connectivity index (χ3n) is 1.91. The number of rotatable bonds is 4. The van der Waals surface area contributed by atoms with E-state index in [1.54, 1.807) is 29.3 Å². The zero-order valence-corrected chi connectivity index (χ0v) is 9.78. The first-order chi connectivity index (χ1) is 7.75. The van der Waals surface area contributed by atoms with Crippen LogP contribution in [0, 0.1) is 0 Å². The van der Waals surface area contributed by atoms with Crippen LogP contribution in [0.15, 0.2) is 24.7 Å². The summed E-state index contributed by atoms with van der Waals surface area (Å²) < 4.78 is 1.72. The van der Waals surface area contributed by atoms with E-state index in [9.17, 15) is 0 Å². The number of pyridine rings is 1. The molecule has 0 atom stereocenters. The molecular formula is C9H9Cl2N5. The van der Waals surface area contributed by atoms with E-state index in [2.05, 4.69) is 20.6 Å². The van der Waals surface area contributed by atoms with Gasteiger partial charge in [-0.1, -0.05) is 28.4 Å². The molecule has 0 saturated carbocycles. The third kappa shape index (κ3) is 2.84. The van der Waals surface area contributed by atoms with Crippen LogP contribution in [0.25, 0.3) is 0 Å². The predicted octanol–water partition coefficient (Wildman–Crippen LogP) is 2.09. The molecule has 5 nitrogen and oxygen atoms in total. The van der Waals surface area contributed by atoms with Gasteiger partial charge in [-0.3, -0.25) is 4.68 Å². The first-order valence-corrected chi connectivity index (χ1v) is 5.40. The fourth-order valence-corrected chi connectivity index (χ4v) is 1.63. The maximum atomic E-state index is 5.95. The maximum Gasteiger partial charge on any atom is 0.144 e. The Hall–Kier alpha value is -1.33. The Bertz CT molecular complexity index is 457. The van der Waals surface area contributed by atoms with E-state index in [0.717, 1.165) is 0 Å². The van der Waals surface area contributed by atoms with Gasteiger partial charge in [0.15, 0.2) is 0 Å². The number of halogens is 2. The quantitative estimate of drug-likeness (QED) is 0.912. The van der Waals surface area contributed by atoms with Crippen LogP contribution in [0.2, 0.25) is 10.0 Å². The van der Waals surface area contributed by atoms with Gasteiger partial charge in [-0.15, -0.1) is 5.10 Å². The van der Waals surface area contributed by atoms with E-state index in [-0.39, 0.29) is 0 Å². The Kier molecular flexibility index (Phi) is 3.58. The van der Waals surface area contributed by atoms with E-state index in [0.29, 0.717) is 29.0 Å². The molecule has 2 rings (SSSR count). The van der Waals surface area contributed by atoms with Crippen LogP contribution in [-0.4, -0.2) is 26.5 Å². The van der Waals surface area contributed by atoms with Crippen LogP contribution in [0.4, 0.5) is 5.82 Å². The molecule has 0 aliphatic rings. The molecule has 0 spiro atoms. The van der Waals surface area contributed by atoms with Gasteiger partial charge in [0.05, 0.1) is 22.8 Å². The van der Waals surface area contributed by atoms with Crippen molar-refractivity contribution < 1.29 is 0 Å². The Balaban J connectivity index is 1.90. The summed E-state index contributed by atoms with van der Waals surface area (Å²) in [5.74, 6) is 0.617. The number of hydrogen-bond donors (Lipinski definition) is 1. The van der Waals surface area contributed by atoms with E-state index in [1.807, 2.05) is 0 Å². The summed E-state index contributed by atoms with van der Waals surface area (Å²) in [7, 11) is 0. The summed E-state index contributed by atoms with van der Waals surface area (Å²) in [6.45, 7) is 1.36. The first kappa shape index (κ1) is 11.2. The van der Waals surface area contributed by atoms with Crippen LogP contribution in [0.5, 0.6) is 0 Å². The zero-order chi connectivity index (χ0) is 11.4. The highest BCUT2D eigenvalue weighted by Gasteiger charge is 2.01. The maximum absolute atomic E-state index is 5.95. The number of aromatic nitrogens is 4. The lowest BCUT2D eigenvalue weighted by molar-refractivity contribution is 0.608. The van der Waals surface area contributed by atoms with E-state index in [1.165, 1.54) is 0 Å². The van der Waals surface area contributed by atoms with Crippen molar-refractivity contribution in [2.75, 3.05) is 11.9 Å². The minimum absolute atomic E-state index is 0.506. The van der Waals surface area contributed by atoms with Gasteiger partial charge in [-0.2, -0.15) is 0 Å². The summed E-state index contributed by atoms with van der Waals surface area (Å²) in [5.41, 5.74) is 0. The number of anilines is 1. The molecule has 0 radical (unpaired) electrons. The number of nitrogens with zero attached hydrogens (tertiary/aromatic N) is 4. The van der Waals surface area contributed by atoms with Crippen molar-refractivity contribution in [3.8, 4) is 0 Å². The molecule has 0 unspecified atom stereocenters. The van der Waals surface area contributed by atoms with Gasteiger partial charge in [-0.05, 0) is 6.07 Å². The van der Waals surface area contributed by atoms with Gasteiger partial charge < -0.3 is 5.32 Å². The summed E-state index contributed by atoms with van der Waals surface area (Å²) in [5, 5.41) is 11.7. The third-order valence-corrected chi connectivity index (χ3v) is 2.41. The minimum Gasteiger partial charge on any atom is -0.367 e. The molecule has 0 fully saturated rings. The molecule has 16 heavy (non-hydrogen) atoms. The van der Waals surface area contributed by atoms with Gasteiger partial charge in [0.2, 0.25) is 0 Å². The molecule has 2 aromatic rings. The van der Waals surface area contributed by atoms with Crippen molar-refractivity contribution in [3.05, 3.63) is 34.7 Å². The summed E-state index contributed by atoms with van der Waals surface area (Å²) >= 11 is 11.7. The van der Waals surface area contributed by atoms with E-state index >= 15 is 0 Å².